The van der Waals surface area contributed by atoms with Crippen molar-refractivity contribution in [1.29, 1.82) is 5.26 Å². The molecular weight excluding hydrogens is 609 g/mol. The van der Waals surface area contributed by atoms with Crippen LogP contribution in [0.1, 0.15) is 63.6 Å². The van der Waals surface area contributed by atoms with Crippen LogP contribution in [0, 0.1) is 28.4 Å². The number of esters is 2. The number of nitrogens with one attached hydrogen (secondary N) is 1. The van der Waals surface area contributed by atoms with Crippen LogP contribution in [-0.2, 0) is 31.1 Å². The van der Waals surface area contributed by atoms with Gasteiger partial charge in [-0.3, -0.25) is 14.9 Å². The lowest BCUT2D eigenvalue weighted by atomic mass is 9.62. The number of hydrogen-bond donors (Lipinski definition) is 1. The third-order valence-electron chi connectivity index (χ3n) is 7.77. The number of nitrogens with zero attached hydrogens (tertiary/aromatic N) is 1. The van der Waals surface area contributed by atoms with Crippen LogP contribution in [0.2, 0.25) is 10.0 Å². The predicted octanol–water partition coefficient (Wildman–Crippen LogP) is 7.66. The van der Waals surface area contributed by atoms with Gasteiger partial charge in [0.15, 0.2) is 0 Å². The van der Waals surface area contributed by atoms with Gasteiger partial charge in [-0.25, -0.2) is 8.78 Å². The zero-order valence-corrected chi connectivity index (χ0v) is 26.6. The average molecular weight is 644 g/mol. The van der Waals surface area contributed by atoms with Crippen LogP contribution in [-0.4, -0.2) is 29.6 Å². The van der Waals surface area contributed by atoms with E-state index in [1.807, 2.05) is 30.3 Å². The number of nitriles is 1. The van der Waals surface area contributed by atoms with Crippen LogP contribution in [0.5, 0.6) is 0 Å². The maximum atomic E-state index is 15.9. The van der Waals surface area contributed by atoms with E-state index in [1.54, 1.807) is 34.6 Å². The summed E-state index contributed by atoms with van der Waals surface area (Å²) in [5, 5.41) is 14.0. The van der Waals surface area contributed by atoms with E-state index < -0.39 is 58.0 Å². The van der Waals surface area contributed by atoms with Gasteiger partial charge in [-0.15, -0.1) is 0 Å². The van der Waals surface area contributed by atoms with Crippen molar-refractivity contribution >= 4 is 35.1 Å². The Bertz CT molecular complexity index is 1590. The Kier molecular flexibility index (Phi) is 9.75. The van der Waals surface area contributed by atoms with Gasteiger partial charge in [0.05, 0.1) is 16.5 Å². The highest BCUT2D eigenvalue weighted by Crippen LogP contribution is 2.53. The lowest BCUT2D eigenvalue weighted by Crippen LogP contribution is -2.47. The summed E-state index contributed by atoms with van der Waals surface area (Å²) in [6.07, 6.45) is -0.0891. The highest BCUT2D eigenvalue weighted by molar-refractivity contribution is 6.31. The second kappa shape index (κ2) is 12.8. The lowest BCUT2D eigenvalue weighted by molar-refractivity contribution is -0.157. The predicted molar refractivity (Wildman–Crippen MR) is 164 cm³/mol. The van der Waals surface area contributed by atoms with Gasteiger partial charge >= 0.3 is 11.9 Å². The van der Waals surface area contributed by atoms with Gasteiger partial charge in [-0.2, -0.15) is 5.26 Å². The number of halogens is 4. The normalized spacial score (nSPS) is 21.9. The molecular formula is C34H34Cl2F2N2O4. The Morgan fingerprint density at radius 3 is 2.30 bits per heavy atom. The Labute approximate surface area is 266 Å². The molecule has 4 atom stereocenters. The third kappa shape index (κ3) is 6.76. The molecule has 4 rings (SSSR count). The first-order chi connectivity index (χ1) is 20.6. The van der Waals surface area contributed by atoms with Crippen LogP contribution in [0.15, 0.2) is 66.7 Å². The van der Waals surface area contributed by atoms with Crippen LogP contribution in [0.4, 0.5) is 8.78 Å². The van der Waals surface area contributed by atoms with Crippen LogP contribution < -0.4 is 5.32 Å². The minimum Gasteiger partial charge on any atom is -0.460 e. The van der Waals surface area contributed by atoms with Crippen LogP contribution in [0.25, 0.3) is 0 Å². The molecule has 0 unspecified atom stereocenters. The lowest BCUT2D eigenvalue weighted by Gasteiger charge is -2.37. The molecule has 1 N–H and O–H groups in total. The maximum Gasteiger partial charge on any atom is 0.324 e. The van der Waals surface area contributed by atoms with E-state index in [0.29, 0.717) is 0 Å². The van der Waals surface area contributed by atoms with Gasteiger partial charge in [0.2, 0.25) is 0 Å². The quantitative estimate of drug-likeness (QED) is 0.254. The van der Waals surface area contributed by atoms with Crippen molar-refractivity contribution in [1.82, 2.24) is 5.32 Å². The first-order valence-corrected chi connectivity index (χ1v) is 14.9. The molecule has 0 saturated carbocycles. The van der Waals surface area contributed by atoms with Gasteiger partial charge in [0, 0.05) is 22.5 Å². The molecule has 0 aliphatic carbocycles. The van der Waals surface area contributed by atoms with Crippen molar-refractivity contribution in [3.8, 4) is 6.07 Å². The second-order valence-corrected chi connectivity index (χ2v) is 13.4. The summed E-state index contributed by atoms with van der Waals surface area (Å²) in [5.74, 6) is -4.35. The smallest absolute Gasteiger partial charge is 0.324 e. The van der Waals surface area contributed by atoms with E-state index >= 15 is 8.78 Å². The minimum atomic E-state index is -1.93. The Morgan fingerprint density at radius 1 is 1.00 bits per heavy atom. The van der Waals surface area contributed by atoms with Gasteiger partial charge in [0.25, 0.3) is 0 Å². The van der Waals surface area contributed by atoms with Crippen molar-refractivity contribution in [3.05, 3.63) is 105 Å². The maximum absolute atomic E-state index is 15.9. The van der Waals surface area contributed by atoms with Crippen LogP contribution in [0.3, 0.4) is 0 Å². The molecule has 0 aromatic heterocycles. The van der Waals surface area contributed by atoms with Crippen molar-refractivity contribution in [2.75, 3.05) is 0 Å². The monoisotopic (exact) mass is 642 g/mol. The molecule has 0 radical (unpaired) electrons. The summed E-state index contributed by atoms with van der Waals surface area (Å²) in [7, 11) is 0. The van der Waals surface area contributed by atoms with Crippen molar-refractivity contribution < 1.29 is 27.8 Å². The summed E-state index contributed by atoms with van der Waals surface area (Å²) in [5.41, 5.74) is -3.52. The van der Waals surface area contributed by atoms with Crippen LogP contribution >= 0.6 is 23.2 Å². The summed E-state index contributed by atoms with van der Waals surface area (Å²) in [6.45, 7) is 8.32. The molecule has 1 aliphatic rings. The number of hydrogen-bond acceptors (Lipinski definition) is 6. The fourth-order valence-electron chi connectivity index (χ4n) is 5.80. The number of carbonyl (C=O) groups excluding carboxylic acids is 2. The zero-order valence-electron chi connectivity index (χ0n) is 25.1. The molecule has 3 aromatic carbocycles. The fourth-order valence-corrected chi connectivity index (χ4v) is 6.14. The molecule has 44 heavy (non-hydrogen) atoms. The van der Waals surface area contributed by atoms with Gasteiger partial charge < -0.3 is 9.47 Å². The Hall–Kier alpha value is -3.51. The molecule has 0 bridgehead atoms. The number of benzene rings is 3. The van der Waals surface area contributed by atoms with Crippen molar-refractivity contribution in [3.63, 3.8) is 0 Å². The Balaban J connectivity index is 1.88. The molecule has 0 spiro atoms. The Morgan fingerprint density at radius 2 is 1.68 bits per heavy atom. The molecule has 1 fully saturated rings. The summed E-state index contributed by atoms with van der Waals surface area (Å²) >= 11 is 12.3. The fraction of sp³-hybridized carbons (Fsp3) is 0.382. The highest BCUT2D eigenvalue weighted by atomic mass is 35.5. The van der Waals surface area contributed by atoms with Gasteiger partial charge in [-0.1, -0.05) is 71.7 Å². The number of ether oxygens (including phenoxy) is 2. The first kappa shape index (κ1) is 33.4. The van der Waals surface area contributed by atoms with E-state index in [0.717, 1.165) is 11.6 Å². The van der Waals surface area contributed by atoms with E-state index in [2.05, 4.69) is 11.4 Å². The van der Waals surface area contributed by atoms with E-state index in [9.17, 15) is 14.9 Å². The number of rotatable bonds is 8. The largest absolute Gasteiger partial charge is 0.460 e. The highest BCUT2D eigenvalue weighted by Gasteiger charge is 2.62. The number of carbonyl (C=O) groups is 2. The van der Waals surface area contributed by atoms with Crippen molar-refractivity contribution in [2.24, 2.45) is 5.41 Å². The topological polar surface area (TPSA) is 88.4 Å². The van der Waals surface area contributed by atoms with Gasteiger partial charge in [0.1, 0.15) is 35.3 Å². The molecule has 1 aliphatic heterocycles. The second-order valence-electron chi connectivity index (χ2n) is 12.6. The molecule has 10 heteroatoms. The molecule has 1 saturated heterocycles. The van der Waals surface area contributed by atoms with Crippen molar-refractivity contribution in [2.45, 2.75) is 76.7 Å². The minimum absolute atomic E-state index is 0.0211. The average Bonchev–Trinajstić information content (AvgIpc) is 3.26. The standard InChI is InChI=1S/C34H34Cl2F2N2O4/c1-32(2,3)44-30(41)29-27(22-12-9-13-24(36)28(22)38)34(19-39,23-15-14-21(35)16-25(23)37)26(40-29)17-33(4,5)31(42)43-18-20-10-7-6-8-11-20/h6-16,26-27,29,40H,17-18H2,1-5H3/t26-,27-,29+,34-/m0/s1. The molecule has 1 heterocycles. The molecule has 3 aromatic rings. The van der Waals surface area contributed by atoms with E-state index in [4.69, 9.17) is 32.7 Å². The molecule has 232 valence electrons. The zero-order chi connectivity index (χ0) is 32.4. The third-order valence-corrected chi connectivity index (χ3v) is 8.30. The summed E-state index contributed by atoms with van der Waals surface area (Å²) in [4.78, 5) is 27.2. The summed E-state index contributed by atoms with van der Waals surface area (Å²) < 4.78 is 43.1. The molecule has 0 amide bonds. The first-order valence-electron chi connectivity index (χ1n) is 14.1. The molecule has 6 nitrogen and oxygen atoms in total. The van der Waals surface area contributed by atoms with E-state index in [-0.39, 0.29) is 34.2 Å². The van der Waals surface area contributed by atoms with E-state index in [1.165, 1.54) is 30.3 Å². The SMILES string of the molecule is CC(C)(C)OC(=O)[C@@H]1N[C@@H](CC(C)(C)C(=O)OCc2ccccc2)[C@](C#N)(c2ccc(Cl)cc2F)[C@H]1c1cccc(Cl)c1F. The van der Waals surface area contributed by atoms with Gasteiger partial charge in [-0.05, 0) is 70.4 Å². The summed E-state index contributed by atoms with van der Waals surface area (Å²) in [6, 6.07) is 17.1.